The van der Waals surface area contributed by atoms with E-state index in [1.165, 1.54) is 0 Å². The van der Waals surface area contributed by atoms with Crippen LogP contribution in [0.3, 0.4) is 0 Å². The van der Waals surface area contributed by atoms with E-state index in [0.717, 1.165) is 0 Å². The summed E-state index contributed by atoms with van der Waals surface area (Å²) >= 11 is 0.164. The highest BCUT2D eigenvalue weighted by Gasteiger charge is 2.69. The fourth-order valence-corrected chi connectivity index (χ4v) is 3.61. The van der Waals surface area contributed by atoms with Crippen LogP contribution in [0.25, 0.3) is 0 Å². The van der Waals surface area contributed by atoms with Crippen molar-refractivity contribution in [3.63, 3.8) is 0 Å². The zero-order valence-electron chi connectivity index (χ0n) is 8.06. The summed E-state index contributed by atoms with van der Waals surface area (Å²) in [6.07, 6.45) is 5.40. The van der Waals surface area contributed by atoms with Crippen LogP contribution in [0.15, 0.2) is 12.2 Å². The zero-order chi connectivity index (χ0) is 11.1. The monoisotopic (exact) mass is 240 g/mol. The van der Waals surface area contributed by atoms with Crippen LogP contribution in [0.4, 0.5) is 17.6 Å². The van der Waals surface area contributed by atoms with Crippen LogP contribution in [0, 0.1) is 5.92 Å². The lowest BCUT2D eigenvalue weighted by atomic mass is 9.88. The van der Waals surface area contributed by atoms with Gasteiger partial charge in [0.1, 0.15) is 0 Å². The second-order valence-electron chi connectivity index (χ2n) is 4.03. The Morgan fingerprint density at radius 3 is 2.27 bits per heavy atom. The van der Waals surface area contributed by atoms with Crippen molar-refractivity contribution in [1.82, 2.24) is 0 Å². The standard InChI is InChI=1S/C10H12F4S/c11-9(12)7-5-3-1-2-4-6-8(7)15-10(9,13)14/h1-2,7-8H,3-6H2/b2-1-. The van der Waals surface area contributed by atoms with Crippen LogP contribution >= 0.6 is 11.8 Å². The molecule has 2 rings (SSSR count). The van der Waals surface area contributed by atoms with Crippen LogP contribution in [0.5, 0.6) is 0 Å². The van der Waals surface area contributed by atoms with Gasteiger partial charge in [0.15, 0.2) is 0 Å². The van der Waals surface area contributed by atoms with Gasteiger partial charge in [-0.25, -0.2) is 0 Å². The van der Waals surface area contributed by atoms with Gasteiger partial charge in [0.2, 0.25) is 0 Å². The Balaban J connectivity index is 2.23. The second kappa shape index (κ2) is 3.68. The maximum atomic E-state index is 13.4. The molecule has 0 bridgehead atoms. The van der Waals surface area contributed by atoms with Crippen molar-refractivity contribution in [2.75, 3.05) is 0 Å². The number of rotatable bonds is 0. The minimum absolute atomic E-state index is 0.163. The van der Waals surface area contributed by atoms with Gasteiger partial charge >= 0.3 is 11.2 Å². The molecule has 0 aromatic rings. The van der Waals surface area contributed by atoms with E-state index in [4.69, 9.17) is 0 Å². The van der Waals surface area contributed by atoms with Crippen LogP contribution in [-0.2, 0) is 0 Å². The summed E-state index contributed by atoms with van der Waals surface area (Å²) in [6, 6.07) is 0. The average molecular weight is 240 g/mol. The molecule has 2 atom stereocenters. The summed E-state index contributed by atoms with van der Waals surface area (Å²) in [5, 5.41) is -4.48. The Kier molecular flexibility index (Phi) is 2.77. The van der Waals surface area contributed by atoms with Crippen molar-refractivity contribution >= 4 is 11.8 Å². The highest BCUT2D eigenvalue weighted by Crippen LogP contribution is 2.60. The molecule has 2 aliphatic rings. The smallest absolute Gasteiger partial charge is 0.198 e. The highest BCUT2D eigenvalue weighted by molar-refractivity contribution is 8.01. The lowest BCUT2D eigenvalue weighted by Crippen LogP contribution is -2.39. The van der Waals surface area contributed by atoms with Gasteiger partial charge in [0.05, 0.1) is 0 Å². The van der Waals surface area contributed by atoms with E-state index in [2.05, 4.69) is 0 Å². The van der Waals surface area contributed by atoms with Crippen LogP contribution in [0.1, 0.15) is 25.7 Å². The van der Waals surface area contributed by atoms with E-state index < -0.39 is 22.3 Å². The SMILES string of the molecule is FC1(F)SC2CC/C=C\CCC2C1(F)F. The van der Waals surface area contributed by atoms with Gasteiger partial charge in [0.25, 0.3) is 0 Å². The third-order valence-electron chi connectivity index (χ3n) is 3.03. The molecule has 15 heavy (non-hydrogen) atoms. The molecule has 86 valence electrons. The van der Waals surface area contributed by atoms with Gasteiger partial charge in [0, 0.05) is 11.2 Å². The van der Waals surface area contributed by atoms with E-state index in [-0.39, 0.29) is 18.2 Å². The summed E-state index contributed by atoms with van der Waals surface area (Å²) in [6.45, 7) is 0. The number of halogens is 4. The van der Waals surface area contributed by atoms with Gasteiger partial charge in [-0.3, -0.25) is 0 Å². The molecule has 2 unspecified atom stereocenters. The van der Waals surface area contributed by atoms with Gasteiger partial charge in [-0.05, 0) is 25.7 Å². The van der Waals surface area contributed by atoms with Crippen molar-refractivity contribution in [1.29, 1.82) is 0 Å². The van der Waals surface area contributed by atoms with E-state index in [9.17, 15) is 17.6 Å². The predicted octanol–water partition coefficient (Wildman–Crippen LogP) is 4.08. The first-order chi connectivity index (χ1) is 6.95. The fourth-order valence-electron chi connectivity index (χ4n) is 2.20. The van der Waals surface area contributed by atoms with Gasteiger partial charge < -0.3 is 0 Å². The third-order valence-corrected chi connectivity index (χ3v) is 4.47. The third kappa shape index (κ3) is 1.79. The molecule has 1 saturated heterocycles. The normalized spacial score (nSPS) is 40.3. The number of alkyl halides is 4. The first-order valence-corrected chi connectivity index (χ1v) is 5.91. The maximum Gasteiger partial charge on any atom is 0.356 e. The molecule has 0 aromatic carbocycles. The van der Waals surface area contributed by atoms with E-state index in [1.54, 1.807) is 0 Å². The quantitative estimate of drug-likeness (QED) is 0.454. The molecule has 0 spiro atoms. The molecule has 0 aromatic heterocycles. The molecule has 1 fully saturated rings. The molecule has 1 heterocycles. The number of hydrogen-bond acceptors (Lipinski definition) is 1. The Hall–Kier alpha value is -0.190. The first kappa shape index (κ1) is 11.3. The van der Waals surface area contributed by atoms with E-state index >= 15 is 0 Å². The topological polar surface area (TPSA) is 0 Å². The Morgan fingerprint density at radius 2 is 1.60 bits per heavy atom. The zero-order valence-corrected chi connectivity index (χ0v) is 8.87. The predicted molar refractivity (Wildman–Crippen MR) is 52.4 cm³/mol. The molecule has 1 aliphatic heterocycles. The van der Waals surface area contributed by atoms with E-state index in [1.807, 2.05) is 12.2 Å². The van der Waals surface area contributed by atoms with E-state index in [0.29, 0.717) is 19.3 Å². The largest absolute Gasteiger partial charge is 0.356 e. The summed E-state index contributed by atoms with van der Waals surface area (Å²) < 4.78 is 52.9. The number of hydrogen-bond donors (Lipinski definition) is 0. The van der Waals surface area contributed by atoms with Crippen LogP contribution in [0.2, 0.25) is 0 Å². The van der Waals surface area contributed by atoms with Crippen molar-refractivity contribution < 1.29 is 17.6 Å². The summed E-state index contributed by atoms with van der Waals surface area (Å²) in [5.41, 5.74) is 0. The Bertz CT molecular complexity index is 275. The molecule has 0 saturated carbocycles. The molecular formula is C10H12F4S. The average Bonchev–Trinajstić information content (AvgIpc) is 2.22. The fraction of sp³-hybridized carbons (Fsp3) is 0.800. The van der Waals surface area contributed by atoms with Gasteiger partial charge in [-0.15, -0.1) is 0 Å². The molecule has 5 heteroatoms. The molecular weight excluding hydrogens is 228 g/mol. The van der Waals surface area contributed by atoms with Crippen LogP contribution in [-0.4, -0.2) is 16.4 Å². The molecule has 1 aliphatic carbocycles. The highest BCUT2D eigenvalue weighted by atomic mass is 32.2. The summed E-state index contributed by atoms with van der Waals surface area (Å²) in [5.74, 6) is -5.00. The Morgan fingerprint density at radius 1 is 1.00 bits per heavy atom. The second-order valence-corrected chi connectivity index (χ2v) is 5.38. The molecule has 0 N–H and O–H groups in total. The van der Waals surface area contributed by atoms with Crippen molar-refractivity contribution in [3.8, 4) is 0 Å². The molecule has 0 nitrogen and oxygen atoms in total. The van der Waals surface area contributed by atoms with Gasteiger partial charge in [-0.1, -0.05) is 23.9 Å². The van der Waals surface area contributed by atoms with Crippen molar-refractivity contribution in [2.45, 2.75) is 42.1 Å². The first-order valence-electron chi connectivity index (χ1n) is 5.03. The summed E-state index contributed by atoms with van der Waals surface area (Å²) in [4.78, 5) is 0. The number of allylic oxidation sites excluding steroid dienone is 2. The number of fused-ring (bicyclic) bond motifs is 1. The number of thioether (sulfide) groups is 1. The van der Waals surface area contributed by atoms with Gasteiger partial charge in [-0.2, -0.15) is 17.6 Å². The minimum atomic E-state index is -3.88. The minimum Gasteiger partial charge on any atom is -0.198 e. The molecule has 0 radical (unpaired) electrons. The van der Waals surface area contributed by atoms with Crippen LogP contribution < -0.4 is 0 Å². The summed E-state index contributed by atoms with van der Waals surface area (Å²) in [7, 11) is 0. The molecule has 0 amide bonds. The van der Waals surface area contributed by atoms with Crippen molar-refractivity contribution in [3.05, 3.63) is 12.2 Å². The lowest BCUT2D eigenvalue weighted by molar-refractivity contribution is -0.175. The maximum absolute atomic E-state index is 13.4. The lowest BCUT2D eigenvalue weighted by Gasteiger charge is -2.24. The van der Waals surface area contributed by atoms with Crippen molar-refractivity contribution in [2.24, 2.45) is 5.92 Å². The Labute approximate surface area is 90.1 Å².